The summed E-state index contributed by atoms with van der Waals surface area (Å²) in [7, 11) is 1.61. The number of piperidine rings is 1. The van der Waals surface area contributed by atoms with Crippen molar-refractivity contribution in [3.05, 3.63) is 35.9 Å². The molecule has 0 aliphatic carbocycles. The minimum Gasteiger partial charge on any atom is -0.369 e. The van der Waals surface area contributed by atoms with Crippen molar-refractivity contribution < 1.29 is 19.1 Å². The molecule has 0 aromatic heterocycles. The Morgan fingerprint density at radius 1 is 1.22 bits per heavy atom. The van der Waals surface area contributed by atoms with E-state index in [0.717, 1.165) is 25.7 Å². The van der Waals surface area contributed by atoms with Crippen LogP contribution in [0.2, 0.25) is 0 Å². The van der Waals surface area contributed by atoms with Crippen molar-refractivity contribution in [2.45, 2.75) is 45.1 Å². The zero-order valence-electron chi connectivity index (χ0n) is 16.4. The Kier molecular flexibility index (Phi) is 8.75. The second-order valence-electron chi connectivity index (χ2n) is 7.36. The van der Waals surface area contributed by atoms with Gasteiger partial charge in [-0.05, 0) is 37.7 Å². The molecule has 2 N–H and O–H groups in total. The predicted molar refractivity (Wildman–Crippen MR) is 104 cm³/mol. The lowest BCUT2D eigenvalue weighted by molar-refractivity contribution is -0.141. The average molecular weight is 376 g/mol. The zero-order chi connectivity index (χ0) is 19.6. The summed E-state index contributed by atoms with van der Waals surface area (Å²) in [6, 6.07) is 10.1. The van der Waals surface area contributed by atoms with Crippen molar-refractivity contribution in [3.63, 3.8) is 0 Å². The summed E-state index contributed by atoms with van der Waals surface area (Å²) in [5, 5.41) is 0. The molecule has 2 unspecified atom stereocenters. The van der Waals surface area contributed by atoms with E-state index >= 15 is 0 Å². The average Bonchev–Trinajstić information content (AvgIpc) is 2.70. The topological polar surface area (TPSA) is 81.9 Å². The fraction of sp³-hybridized carbons (Fsp3) is 0.619. The number of nitrogens with two attached hydrogens (primary N) is 1. The number of carbonyl (C=O) groups is 2. The number of ether oxygens (including phenoxy) is 2. The number of rotatable bonds is 10. The standard InChI is InChI=1S/C21H32N2O4/c1-16(20(22)24)14-18(9-8-17-6-4-3-5-7-17)21(25)23-12-10-19(11-13-23)27-15-26-2/h3-7,16,18-19H,8-15H2,1-2H3,(H2,22,24). The lowest BCUT2D eigenvalue weighted by Crippen LogP contribution is -2.44. The summed E-state index contributed by atoms with van der Waals surface area (Å²) in [4.78, 5) is 26.5. The normalized spacial score (nSPS) is 17.5. The fourth-order valence-electron chi connectivity index (χ4n) is 3.54. The van der Waals surface area contributed by atoms with Gasteiger partial charge in [0.2, 0.25) is 11.8 Å². The first kappa shape index (κ1) is 21.4. The third-order valence-electron chi connectivity index (χ3n) is 5.27. The van der Waals surface area contributed by atoms with Gasteiger partial charge in [0, 0.05) is 32.0 Å². The lowest BCUT2D eigenvalue weighted by Gasteiger charge is -2.34. The van der Waals surface area contributed by atoms with Crippen LogP contribution in [0, 0.1) is 11.8 Å². The van der Waals surface area contributed by atoms with E-state index in [0.29, 0.717) is 19.5 Å². The molecule has 1 aromatic carbocycles. The van der Waals surface area contributed by atoms with Crippen molar-refractivity contribution in [2.75, 3.05) is 27.0 Å². The zero-order valence-corrected chi connectivity index (χ0v) is 16.4. The van der Waals surface area contributed by atoms with Gasteiger partial charge >= 0.3 is 0 Å². The molecule has 150 valence electrons. The number of amides is 2. The minimum atomic E-state index is -0.348. The smallest absolute Gasteiger partial charge is 0.225 e. The first-order valence-corrected chi connectivity index (χ1v) is 9.73. The maximum Gasteiger partial charge on any atom is 0.225 e. The van der Waals surface area contributed by atoms with Gasteiger partial charge in [0.1, 0.15) is 6.79 Å². The van der Waals surface area contributed by atoms with E-state index in [1.807, 2.05) is 23.1 Å². The van der Waals surface area contributed by atoms with Gasteiger partial charge in [-0.15, -0.1) is 0 Å². The molecule has 2 amide bonds. The van der Waals surface area contributed by atoms with E-state index in [1.165, 1.54) is 5.56 Å². The first-order chi connectivity index (χ1) is 13.0. The number of nitrogens with zero attached hydrogens (tertiary/aromatic N) is 1. The van der Waals surface area contributed by atoms with E-state index < -0.39 is 0 Å². The van der Waals surface area contributed by atoms with Gasteiger partial charge in [0.15, 0.2) is 0 Å². The largest absolute Gasteiger partial charge is 0.369 e. The quantitative estimate of drug-likeness (QED) is 0.636. The van der Waals surface area contributed by atoms with Crippen LogP contribution in [0.25, 0.3) is 0 Å². The van der Waals surface area contributed by atoms with Crippen LogP contribution in [0.3, 0.4) is 0 Å². The number of carbonyl (C=O) groups excluding carboxylic acids is 2. The Hall–Kier alpha value is -1.92. The summed E-state index contributed by atoms with van der Waals surface area (Å²) in [6.45, 7) is 3.45. The Morgan fingerprint density at radius 3 is 2.48 bits per heavy atom. The van der Waals surface area contributed by atoms with Crippen molar-refractivity contribution in [3.8, 4) is 0 Å². The molecule has 1 aromatic rings. The third-order valence-corrected chi connectivity index (χ3v) is 5.27. The van der Waals surface area contributed by atoms with Gasteiger partial charge in [-0.25, -0.2) is 0 Å². The molecule has 1 aliphatic rings. The van der Waals surface area contributed by atoms with E-state index in [1.54, 1.807) is 14.0 Å². The Balaban J connectivity index is 1.94. The maximum absolute atomic E-state index is 13.1. The highest BCUT2D eigenvalue weighted by atomic mass is 16.7. The van der Waals surface area contributed by atoms with Crippen LogP contribution >= 0.6 is 0 Å². The van der Waals surface area contributed by atoms with Crippen molar-refractivity contribution in [1.82, 2.24) is 4.90 Å². The number of benzene rings is 1. The van der Waals surface area contributed by atoms with Gasteiger partial charge in [-0.3, -0.25) is 9.59 Å². The first-order valence-electron chi connectivity index (χ1n) is 9.73. The maximum atomic E-state index is 13.1. The molecule has 2 rings (SSSR count). The number of hydrogen-bond acceptors (Lipinski definition) is 4. The molecule has 6 nitrogen and oxygen atoms in total. The molecule has 1 saturated heterocycles. The highest BCUT2D eigenvalue weighted by Gasteiger charge is 2.30. The van der Waals surface area contributed by atoms with E-state index in [-0.39, 0.29) is 36.5 Å². The SMILES string of the molecule is COCOC1CCN(C(=O)C(CCc2ccccc2)CC(C)C(N)=O)CC1. The van der Waals surface area contributed by atoms with Crippen LogP contribution in [0.4, 0.5) is 0 Å². The predicted octanol–water partition coefficient (Wildman–Crippen LogP) is 2.36. The molecule has 1 fully saturated rings. The van der Waals surface area contributed by atoms with Gasteiger partial charge in [0.25, 0.3) is 0 Å². The molecule has 0 spiro atoms. The summed E-state index contributed by atoms with van der Waals surface area (Å²) >= 11 is 0. The van der Waals surface area contributed by atoms with Crippen LogP contribution < -0.4 is 5.73 Å². The van der Waals surface area contributed by atoms with Gasteiger partial charge in [0.05, 0.1) is 6.10 Å². The van der Waals surface area contributed by atoms with Crippen LogP contribution in [0.5, 0.6) is 0 Å². The summed E-state index contributed by atoms with van der Waals surface area (Å²) in [6.07, 6.45) is 3.80. The molecule has 1 aliphatic heterocycles. The van der Waals surface area contributed by atoms with Crippen molar-refractivity contribution in [2.24, 2.45) is 17.6 Å². The molecule has 6 heteroatoms. The Bertz CT molecular complexity index is 585. The number of methoxy groups -OCH3 is 1. The molecule has 27 heavy (non-hydrogen) atoms. The van der Waals surface area contributed by atoms with Crippen LogP contribution in [0.1, 0.15) is 38.2 Å². The van der Waals surface area contributed by atoms with Crippen molar-refractivity contribution in [1.29, 1.82) is 0 Å². The number of aryl methyl sites for hydroxylation is 1. The second kappa shape index (κ2) is 11.0. The number of hydrogen-bond donors (Lipinski definition) is 1. The highest BCUT2D eigenvalue weighted by molar-refractivity contribution is 5.81. The molecule has 0 radical (unpaired) electrons. The van der Waals surface area contributed by atoms with Gasteiger partial charge < -0.3 is 20.1 Å². The van der Waals surface area contributed by atoms with Crippen LogP contribution in [0.15, 0.2) is 30.3 Å². The third kappa shape index (κ3) is 6.96. The molecular formula is C21H32N2O4. The summed E-state index contributed by atoms with van der Waals surface area (Å²) in [5.74, 6) is -0.718. The van der Waals surface area contributed by atoms with Crippen molar-refractivity contribution >= 4 is 11.8 Å². The molecule has 1 heterocycles. The van der Waals surface area contributed by atoms with E-state index in [9.17, 15) is 9.59 Å². The second-order valence-corrected chi connectivity index (χ2v) is 7.36. The lowest BCUT2D eigenvalue weighted by atomic mass is 9.88. The van der Waals surface area contributed by atoms with Crippen LogP contribution in [-0.2, 0) is 25.5 Å². The van der Waals surface area contributed by atoms with Gasteiger partial charge in [-0.1, -0.05) is 37.3 Å². The Labute approximate surface area is 162 Å². The molecular weight excluding hydrogens is 344 g/mol. The fourth-order valence-corrected chi connectivity index (χ4v) is 3.54. The monoisotopic (exact) mass is 376 g/mol. The number of likely N-dealkylation sites (tertiary alicyclic amines) is 1. The van der Waals surface area contributed by atoms with Gasteiger partial charge in [-0.2, -0.15) is 0 Å². The minimum absolute atomic E-state index is 0.129. The van der Waals surface area contributed by atoms with E-state index in [2.05, 4.69) is 12.1 Å². The summed E-state index contributed by atoms with van der Waals surface area (Å²) in [5.41, 5.74) is 6.65. The Morgan fingerprint density at radius 2 is 1.89 bits per heavy atom. The molecule has 0 saturated carbocycles. The number of primary amides is 1. The highest BCUT2D eigenvalue weighted by Crippen LogP contribution is 2.24. The molecule has 2 atom stereocenters. The molecule has 0 bridgehead atoms. The van der Waals surface area contributed by atoms with E-state index in [4.69, 9.17) is 15.2 Å². The van der Waals surface area contributed by atoms with Crippen LogP contribution in [-0.4, -0.2) is 49.8 Å². The summed E-state index contributed by atoms with van der Waals surface area (Å²) < 4.78 is 10.6.